The Morgan fingerprint density at radius 3 is 2.43 bits per heavy atom. The number of hydrogen-bond donors (Lipinski definition) is 1. The zero-order valence-corrected chi connectivity index (χ0v) is 10.3. The van der Waals surface area contributed by atoms with E-state index in [1.165, 1.54) is 0 Å². The lowest BCUT2D eigenvalue weighted by molar-refractivity contribution is 1.44. The highest BCUT2D eigenvalue weighted by atomic mass is 28.3. The van der Waals surface area contributed by atoms with E-state index in [9.17, 15) is 0 Å². The molecule has 0 amide bonds. The second kappa shape index (κ2) is 3.89. The van der Waals surface area contributed by atoms with Crippen molar-refractivity contribution in [2.75, 3.05) is 5.73 Å². The highest BCUT2D eigenvalue weighted by Crippen LogP contribution is 2.14. The van der Waals surface area contributed by atoms with Crippen LogP contribution < -0.4 is 5.73 Å². The van der Waals surface area contributed by atoms with Gasteiger partial charge in [0.05, 0.1) is 0 Å². The Morgan fingerprint density at radius 1 is 1.21 bits per heavy atom. The molecule has 0 heterocycles. The van der Waals surface area contributed by atoms with Gasteiger partial charge >= 0.3 is 0 Å². The molecule has 1 aromatic rings. The van der Waals surface area contributed by atoms with E-state index in [1.807, 2.05) is 25.1 Å². The number of anilines is 1. The summed E-state index contributed by atoms with van der Waals surface area (Å²) in [6, 6.07) is 5.89. The molecular weight excluding hydrogens is 186 g/mol. The minimum atomic E-state index is -1.28. The fourth-order valence-electron chi connectivity index (χ4n) is 1.04. The molecule has 0 aliphatic rings. The summed E-state index contributed by atoms with van der Waals surface area (Å²) in [6.45, 7) is 8.73. The normalized spacial score (nSPS) is 10.6. The monoisotopic (exact) mass is 203 g/mol. The van der Waals surface area contributed by atoms with E-state index in [1.54, 1.807) is 0 Å². The van der Waals surface area contributed by atoms with E-state index in [2.05, 4.69) is 31.1 Å². The SMILES string of the molecule is Cc1c(N)cccc1C#C[Si](C)(C)C. The van der Waals surface area contributed by atoms with E-state index in [0.717, 1.165) is 16.8 Å². The molecule has 2 heteroatoms. The van der Waals surface area contributed by atoms with Crippen molar-refractivity contribution in [1.82, 2.24) is 0 Å². The summed E-state index contributed by atoms with van der Waals surface area (Å²) >= 11 is 0. The molecule has 0 aliphatic heterocycles. The summed E-state index contributed by atoms with van der Waals surface area (Å²) in [5.74, 6) is 3.23. The number of rotatable bonds is 0. The molecule has 1 aromatic carbocycles. The van der Waals surface area contributed by atoms with Gasteiger partial charge < -0.3 is 5.73 Å². The minimum Gasteiger partial charge on any atom is -0.398 e. The van der Waals surface area contributed by atoms with Crippen LogP contribution in [0.15, 0.2) is 18.2 Å². The smallest absolute Gasteiger partial charge is 0.129 e. The maximum absolute atomic E-state index is 5.80. The van der Waals surface area contributed by atoms with Crippen LogP contribution in [0.4, 0.5) is 5.69 Å². The molecule has 74 valence electrons. The van der Waals surface area contributed by atoms with E-state index in [0.29, 0.717) is 0 Å². The molecule has 0 unspecified atom stereocenters. The molecule has 0 radical (unpaired) electrons. The fraction of sp³-hybridized carbons (Fsp3) is 0.333. The Balaban J connectivity index is 3.08. The van der Waals surface area contributed by atoms with Crippen molar-refractivity contribution in [1.29, 1.82) is 0 Å². The van der Waals surface area contributed by atoms with E-state index >= 15 is 0 Å². The van der Waals surface area contributed by atoms with Gasteiger partial charge in [-0.25, -0.2) is 0 Å². The summed E-state index contributed by atoms with van der Waals surface area (Å²) in [5, 5.41) is 0. The first-order valence-electron chi connectivity index (χ1n) is 4.78. The van der Waals surface area contributed by atoms with Crippen molar-refractivity contribution in [3.63, 3.8) is 0 Å². The van der Waals surface area contributed by atoms with E-state index < -0.39 is 8.07 Å². The van der Waals surface area contributed by atoms with Gasteiger partial charge in [0.2, 0.25) is 0 Å². The van der Waals surface area contributed by atoms with Gasteiger partial charge in [-0.05, 0) is 24.6 Å². The van der Waals surface area contributed by atoms with Gasteiger partial charge in [-0.3, -0.25) is 0 Å². The first-order valence-corrected chi connectivity index (χ1v) is 8.28. The number of nitrogens with two attached hydrogens (primary N) is 1. The fourth-order valence-corrected chi connectivity index (χ4v) is 1.55. The lowest BCUT2D eigenvalue weighted by Crippen LogP contribution is -2.16. The molecule has 0 saturated carbocycles. The van der Waals surface area contributed by atoms with Crippen molar-refractivity contribution in [2.24, 2.45) is 0 Å². The second-order valence-corrected chi connectivity index (χ2v) is 9.27. The predicted molar refractivity (Wildman–Crippen MR) is 65.8 cm³/mol. The van der Waals surface area contributed by atoms with Gasteiger partial charge in [0.15, 0.2) is 0 Å². The topological polar surface area (TPSA) is 26.0 Å². The molecule has 0 atom stereocenters. The van der Waals surface area contributed by atoms with Gasteiger partial charge in [-0.2, -0.15) is 0 Å². The molecule has 0 aliphatic carbocycles. The molecule has 14 heavy (non-hydrogen) atoms. The maximum Gasteiger partial charge on any atom is 0.129 e. The highest BCUT2D eigenvalue weighted by Gasteiger charge is 2.07. The van der Waals surface area contributed by atoms with E-state index in [-0.39, 0.29) is 0 Å². The third kappa shape index (κ3) is 2.93. The predicted octanol–water partition coefficient (Wildman–Crippen LogP) is 2.81. The lowest BCUT2D eigenvalue weighted by Gasteiger charge is -2.05. The summed E-state index contributed by atoms with van der Waals surface area (Å²) in [6.07, 6.45) is 0. The van der Waals surface area contributed by atoms with Crippen LogP contribution in [0.1, 0.15) is 11.1 Å². The molecule has 2 N–H and O–H groups in total. The molecule has 1 rings (SSSR count). The molecule has 0 spiro atoms. The highest BCUT2D eigenvalue weighted by molar-refractivity contribution is 6.83. The van der Waals surface area contributed by atoms with E-state index in [4.69, 9.17) is 5.73 Å². The number of benzene rings is 1. The maximum atomic E-state index is 5.80. The summed E-state index contributed by atoms with van der Waals surface area (Å²) < 4.78 is 0. The van der Waals surface area contributed by atoms with Crippen molar-refractivity contribution < 1.29 is 0 Å². The van der Waals surface area contributed by atoms with Crippen LogP contribution >= 0.6 is 0 Å². The number of hydrogen-bond acceptors (Lipinski definition) is 1. The Bertz CT molecular complexity index is 391. The van der Waals surface area contributed by atoms with Gasteiger partial charge in [-0.15, -0.1) is 5.54 Å². The minimum absolute atomic E-state index is 0.826. The van der Waals surface area contributed by atoms with Crippen molar-refractivity contribution >= 4 is 13.8 Å². The average Bonchev–Trinajstić information content (AvgIpc) is 2.06. The van der Waals surface area contributed by atoms with Gasteiger partial charge in [-0.1, -0.05) is 31.6 Å². The largest absolute Gasteiger partial charge is 0.398 e. The van der Waals surface area contributed by atoms with Crippen molar-refractivity contribution in [2.45, 2.75) is 26.6 Å². The van der Waals surface area contributed by atoms with Gasteiger partial charge in [0.1, 0.15) is 8.07 Å². The summed E-state index contributed by atoms with van der Waals surface area (Å²) in [5.41, 5.74) is 12.1. The number of nitrogen functional groups attached to an aromatic ring is 1. The molecular formula is C12H17NSi. The van der Waals surface area contributed by atoms with Crippen LogP contribution in [0, 0.1) is 18.4 Å². The third-order valence-corrected chi connectivity index (χ3v) is 2.82. The van der Waals surface area contributed by atoms with Gasteiger partial charge in [0.25, 0.3) is 0 Å². The Kier molecular flexibility index (Phi) is 3.02. The van der Waals surface area contributed by atoms with Crippen LogP contribution in [0.3, 0.4) is 0 Å². The van der Waals surface area contributed by atoms with Crippen LogP contribution in [0.25, 0.3) is 0 Å². The van der Waals surface area contributed by atoms with Crippen molar-refractivity contribution in [3.8, 4) is 11.5 Å². The van der Waals surface area contributed by atoms with Crippen molar-refractivity contribution in [3.05, 3.63) is 29.3 Å². The van der Waals surface area contributed by atoms with Crippen LogP contribution in [0.2, 0.25) is 19.6 Å². The molecule has 0 bridgehead atoms. The second-order valence-electron chi connectivity index (χ2n) is 4.52. The lowest BCUT2D eigenvalue weighted by atomic mass is 10.1. The zero-order chi connectivity index (χ0) is 10.8. The summed E-state index contributed by atoms with van der Waals surface area (Å²) in [7, 11) is -1.28. The zero-order valence-electron chi connectivity index (χ0n) is 9.31. The Morgan fingerprint density at radius 2 is 1.86 bits per heavy atom. The quantitative estimate of drug-likeness (QED) is 0.392. The molecule has 0 aromatic heterocycles. The standard InChI is InChI=1S/C12H17NSi/c1-10-11(6-5-7-12(10)13)8-9-14(2,3)4/h5-7H,13H2,1-4H3. The Hall–Kier alpha value is -1.20. The van der Waals surface area contributed by atoms with Crippen LogP contribution in [-0.2, 0) is 0 Å². The molecule has 0 fully saturated rings. The first-order chi connectivity index (χ1) is 6.40. The van der Waals surface area contributed by atoms with Crippen LogP contribution in [0.5, 0.6) is 0 Å². The molecule has 0 saturated heterocycles. The average molecular weight is 203 g/mol. The Labute approximate surface area is 87.3 Å². The third-order valence-electron chi connectivity index (χ3n) is 1.95. The first kappa shape index (κ1) is 10.9. The van der Waals surface area contributed by atoms with Gasteiger partial charge in [0, 0.05) is 11.3 Å². The van der Waals surface area contributed by atoms with Crippen LogP contribution in [-0.4, -0.2) is 8.07 Å². The summed E-state index contributed by atoms with van der Waals surface area (Å²) in [4.78, 5) is 0. The molecule has 1 nitrogen and oxygen atoms in total.